The van der Waals surface area contributed by atoms with E-state index in [4.69, 9.17) is 4.98 Å². The summed E-state index contributed by atoms with van der Waals surface area (Å²) in [6.07, 6.45) is 0. The van der Waals surface area contributed by atoms with Crippen molar-refractivity contribution in [2.75, 3.05) is 6.54 Å². The number of thiophene rings is 1. The lowest BCUT2D eigenvalue weighted by molar-refractivity contribution is 0.0696. The zero-order valence-corrected chi connectivity index (χ0v) is 15.4. The van der Waals surface area contributed by atoms with Crippen LogP contribution >= 0.6 is 11.3 Å². The fraction of sp³-hybridized carbons (Fsp3) is 0.316. The van der Waals surface area contributed by atoms with Crippen LogP contribution in [0.1, 0.15) is 42.3 Å². The van der Waals surface area contributed by atoms with Gasteiger partial charge in [0.15, 0.2) is 0 Å². The summed E-state index contributed by atoms with van der Waals surface area (Å²) in [5, 5.41) is 2.50. The molecule has 0 aliphatic rings. The number of fused-ring (bicyclic) bond motifs is 1. The smallest absolute Gasteiger partial charge is 0.264 e. The third kappa shape index (κ3) is 3.09. The van der Waals surface area contributed by atoms with Gasteiger partial charge in [-0.3, -0.25) is 14.2 Å². The summed E-state index contributed by atoms with van der Waals surface area (Å²) >= 11 is 1.42. The predicted molar refractivity (Wildman–Crippen MR) is 101 cm³/mol. The lowest BCUT2D eigenvalue weighted by atomic mass is 10.2. The molecule has 130 valence electrons. The van der Waals surface area contributed by atoms with Gasteiger partial charge in [0.1, 0.15) is 5.82 Å². The highest BCUT2D eigenvalue weighted by molar-refractivity contribution is 7.12. The number of hydrogen-bond donors (Lipinski definition) is 0. The standard InChI is InChI=1S/C19H21N3O2S/c1-4-21(19(24)16-11-8-12-25-16)13(3)17-20-15-10-7-6-9-14(15)18(23)22(17)5-2/h6-13H,4-5H2,1-3H3. The van der Waals surface area contributed by atoms with Gasteiger partial charge in [-0.25, -0.2) is 4.98 Å². The van der Waals surface area contributed by atoms with Crippen LogP contribution in [-0.2, 0) is 6.54 Å². The van der Waals surface area contributed by atoms with Crippen LogP contribution in [-0.4, -0.2) is 26.9 Å². The van der Waals surface area contributed by atoms with E-state index in [1.54, 1.807) is 15.5 Å². The normalized spacial score (nSPS) is 12.3. The first-order valence-electron chi connectivity index (χ1n) is 8.42. The Morgan fingerprint density at radius 2 is 2.00 bits per heavy atom. The largest absolute Gasteiger partial charge is 0.328 e. The zero-order chi connectivity index (χ0) is 18.0. The van der Waals surface area contributed by atoms with E-state index in [0.717, 1.165) is 0 Å². The van der Waals surface area contributed by atoms with E-state index in [-0.39, 0.29) is 17.5 Å². The van der Waals surface area contributed by atoms with Gasteiger partial charge in [0.05, 0.1) is 21.8 Å². The molecule has 0 aliphatic carbocycles. The summed E-state index contributed by atoms with van der Waals surface area (Å²) in [4.78, 5) is 32.8. The SMILES string of the molecule is CCN(C(=O)c1cccs1)C(C)c1nc2ccccc2c(=O)n1CC. The molecule has 1 amide bonds. The predicted octanol–water partition coefficient (Wildman–Crippen LogP) is 3.70. The van der Waals surface area contributed by atoms with Crippen LogP contribution < -0.4 is 5.56 Å². The number of carbonyl (C=O) groups is 1. The second-order valence-corrected chi connectivity index (χ2v) is 6.73. The first-order chi connectivity index (χ1) is 12.1. The van der Waals surface area contributed by atoms with Crippen molar-refractivity contribution in [3.05, 3.63) is 62.8 Å². The molecule has 0 aliphatic heterocycles. The minimum atomic E-state index is -0.295. The molecule has 5 nitrogen and oxygen atoms in total. The van der Waals surface area contributed by atoms with E-state index in [2.05, 4.69) is 0 Å². The van der Waals surface area contributed by atoms with E-state index in [0.29, 0.717) is 34.7 Å². The number of aromatic nitrogens is 2. The third-order valence-electron chi connectivity index (χ3n) is 4.38. The second kappa shape index (κ2) is 7.19. The van der Waals surface area contributed by atoms with Crippen LogP contribution in [0.4, 0.5) is 0 Å². The van der Waals surface area contributed by atoms with Crippen LogP contribution in [0, 0.1) is 0 Å². The van der Waals surface area contributed by atoms with E-state index in [1.807, 2.05) is 56.5 Å². The molecule has 0 radical (unpaired) electrons. The molecule has 1 aromatic carbocycles. The van der Waals surface area contributed by atoms with Crippen LogP contribution in [0.2, 0.25) is 0 Å². The Kier molecular flexibility index (Phi) is 4.99. The third-order valence-corrected chi connectivity index (χ3v) is 5.24. The van der Waals surface area contributed by atoms with Crippen molar-refractivity contribution in [3.8, 4) is 0 Å². The highest BCUT2D eigenvalue weighted by atomic mass is 32.1. The van der Waals surface area contributed by atoms with E-state index in [1.165, 1.54) is 11.3 Å². The average molecular weight is 355 g/mol. The number of para-hydroxylation sites is 1. The maximum atomic E-state index is 12.8. The van der Waals surface area contributed by atoms with E-state index in [9.17, 15) is 9.59 Å². The molecule has 3 rings (SSSR count). The molecule has 2 aromatic heterocycles. The molecule has 3 aromatic rings. The molecule has 6 heteroatoms. The Morgan fingerprint density at radius 3 is 2.64 bits per heavy atom. The van der Waals surface area contributed by atoms with Gasteiger partial charge in [-0.15, -0.1) is 11.3 Å². The highest BCUT2D eigenvalue weighted by Crippen LogP contribution is 2.23. The summed E-state index contributed by atoms with van der Waals surface area (Å²) in [6.45, 7) is 6.85. The summed E-state index contributed by atoms with van der Waals surface area (Å²) in [7, 11) is 0. The number of rotatable bonds is 5. The van der Waals surface area contributed by atoms with Gasteiger partial charge >= 0.3 is 0 Å². The molecule has 0 spiro atoms. The molecule has 2 heterocycles. The molecule has 1 unspecified atom stereocenters. The van der Waals surface area contributed by atoms with Crippen LogP contribution in [0.3, 0.4) is 0 Å². The first kappa shape index (κ1) is 17.4. The quantitative estimate of drug-likeness (QED) is 0.701. The molecule has 25 heavy (non-hydrogen) atoms. The maximum Gasteiger partial charge on any atom is 0.264 e. The van der Waals surface area contributed by atoms with E-state index >= 15 is 0 Å². The Bertz CT molecular complexity index is 947. The number of amides is 1. The van der Waals surface area contributed by atoms with Crippen LogP contribution in [0.15, 0.2) is 46.6 Å². The molecule has 0 fully saturated rings. The van der Waals surface area contributed by atoms with Crippen molar-refractivity contribution in [1.29, 1.82) is 0 Å². The molecule has 1 atom stereocenters. The first-order valence-corrected chi connectivity index (χ1v) is 9.30. The number of hydrogen-bond acceptors (Lipinski definition) is 4. The summed E-state index contributed by atoms with van der Waals surface area (Å²) in [6, 6.07) is 10.7. The summed E-state index contributed by atoms with van der Waals surface area (Å²) in [5.74, 6) is 0.591. The van der Waals surface area contributed by atoms with Gasteiger partial charge in [0.2, 0.25) is 0 Å². The minimum Gasteiger partial charge on any atom is -0.328 e. The number of nitrogens with zero attached hydrogens (tertiary/aromatic N) is 3. The summed E-state index contributed by atoms with van der Waals surface area (Å²) < 4.78 is 1.66. The lowest BCUT2D eigenvalue weighted by Gasteiger charge is -2.29. The van der Waals surface area contributed by atoms with Gasteiger partial charge < -0.3 is 4.90 Å². The van der Waals surface area contributed by atoms with Crippen molar-refractivity contribution in [1.82, 2.24) is 14.5 Å². The lowest BCUT2D eigenvalue weighted by Crippen LogP contribution is -2.37. The van der Waals surface area contributed by atoms with Crippen molar-refractivity contribution in [3.63, 3.8) is 0 Å². The second-order valence-electron chi connectivity index (χ2n) is 5.78. The topological polar surface area (TPSA) is 55.2 Å². The Labute approximate surface area is 150 Å². The molecule has 0 bridgehead atoms. The maximum absolute atomic E-state index is 12.8. The van der Waals surface area contributed by atoms with Gasteiger partial charge in [0.25, 0.3) is 11.5 Å². The van der Waals surface area contributed by atoms with Crippen molar-refractivity contribution >= 4 is 28.1 Å². The fourth-order valence-electron chi connectivity index (χ4n) is 3.08. The van der Waals surface area contributed by atoms with Crippen LogP contribution in [0.5, 0.6) is 0 Å². The molecule has 0 N–H and O–H groups in total. The zero-order valence-electron chi connectivity index (χ0n) is 14.6. The van der Waals surface area contributed by atoms with Gasteiger partial charge in [0, 0.05) is 13.1 Å². The minimum absolute atomic E-state index is 0.0324. The Morgan fingerprint density at radius 1 is 1.24 bits per heavy atom. The molecule has 0 saturated heterocycles. The van der Waals surface area contributed by atoms with Gasteiger partial charge in [-0.1, -0.05) is 18.2 Å². The van der Waals surface area contributed by atoms with Gasteiger partial charge in [-0.2, -0.15) is 0 Å². The Hall–Kier alpha value is -2.47. The molecular formula is C19H21N3O2S. The number of carbonyl (C=O) groups excluding carboxylic acids is 1. The molecule has 0 saturated carbocycles. The van der Waals surface area contributed by atoms with E-state index < -0.39 is 0 Å². The number of benzene rings is 1. The molecular weight excluding hydrogens is 334 g/mol. The average Bonchev–Trinajstić information content (AvgIpc) is 3.16. The Balaban J connectivity index is 2.10. The summed E-state index contributed by atoms with van der Waals surface area (Å²) in [5.41, 5.74) is 0.605. The highest BCUT2D eigenvalue weighted by Gasteiger charge is 2.26. The fourth-order valence-corrected chi connectivity index (χ4v) is 3.76. The van der Waals surface area contributed by atoms with Crippen molar-refractivity contribution < 1.29 is 4.79 Å². The van der Waals surface area contributed by atoms with Gasteiger partial charge in [-0.05, 0) is 44.4 Å². The monoisotopic (exact) mass is 355 g/mol. The van der Waals surface area contributed by atoms with Crippen molar-refractivity contribution in [2.45, 2.75) is 33.4 Å². The van der Waals surface area contributed by atoms with Crippen molar-refractivity contribution in [2.24, 2.45) is 0 Å². The van der Waals surface area contributed by atoms with Crippen LogP contribution in [0.25, 0.3) is 10.9 Å².